The van der Waals surface area contributed by atoms with Gasteiger partial charge < -0.3 is 19.7 Å². The Morgan fingerprint density at radius 2 is 1.90 bits per heavy atom. The number of aromatic nitrogens is 1. The largest absolute Gasteiger partial charge is 0.378 e. The van der Waals surface area contributed by atoms with Crippen molar-refractivity contribution in [1.82, 2.24) is 10.3 Å². The van der Waals surface area contributed by atoms with Crippen LogP contribution in [0.3, 0.4) is 0 Å². The summed E-state index contributed by atoms with van der Waals surface area (Å²) in [5.74, 6) is 1.14. The first-order valence-corrected chi connectivity index (χ1v) is 11.2. The maximum absolute atomic E-state index is 5.89. The van der Waals surface area contributed by atoms with Crippen LogP contribution in [0.1, 0.15) is 49.8 Å². The second-order valence-corrected chi connectivity index (χ2v) is 9.42. The zero-order valence-corrected chi connectivity index (χ0v) is 17.8. The first kappa shape index (κ1) is 19.3. The topological polar surface area (TPSA) is 46.6 Å². The number of hydrogen-bond acceptors (Lipinski definition) is 5. The highest BCUT2D eigenvalue weighted by molar-refractivity contribution is 5.84. The molecular weight excluding hydrogens is 362 g/mol. The zero-order chi connectivity index (χ0) is 19.8. The summed E-state index contributed by atoms with van der Waals surface area (Å²) in [5.41, 5.74) is 5.42. The Kier molecular flexibility index (Phi) is 5.23. The van der Waals surface area contributed by atoms with E-state index in [2.05, 4.69) is 42.3 Å². The van der Waals surface area contributed by atoms with Crippen molar-refractivity contribution in [2.24, 2.45) is 0 Å². The van der Waals surface area contributed by atoms with Gasteiger partial charge in [0.05, 0.1) is 24.3 Å². The third kappa shape index (κ3) is 4.14. The normalized spacial score (nSPS) is 24.1. The van der Waals surface area contributed by atoms with E-state index in [0.717, 1.165) is 63.6 Å². The molecule has 5 rings (SSSR count). The highest BCUT2D eigenvalue weighted by atomic mass is 16.5. The van der Waals surface area contributed by atoms with Gasteiger partial charge in [0.1, 0.15) is 5.82 Å². The van der Waals surface area contributed by atoms with Crippen molar-refractivity contribution in [3.8, 4) is 0 Å². The quantitative estimate of drug-likeness (QED) is 0.857. The second kappa shape index (κ2) is 7.86. The van der Waals surface area contributed by atoms with Gasteiger partial charge in [-0.3, -0.25) is 0 Å². The Balaban J connectivity index is 1.45. The Hall–Kier alpha value is -1.69. The summed E-state index contributed by atoms with van der Waals surface area (Å²) >= 11 is 0. The van der Waals surface area contributed by atoms with Crippen LogP contribution in [0.5, 0.6) is 0 Å². The molecule has 156 valence electrons. The molecule has 0 amide bonds. The van der Waals surface area contributed by atoms with Crippen molar-refractivity contribution in [3.63, 3.8) is 0 Å². The van der Waals surface area contributed by atoms with Gasteiger partial charge in [-0.15, -0.1) is 0 Å². The number of fused-ring (bicyclic) bond motifs is 2. The molecule has 29 heavy (non-hydrogen) atoms. The molecular formula is C24H33N3O2. The molecule has 5 heteroatoms. The Labute approximate surface area is 173 Å². The maximum atomic E-state index is 5.89. The predicted octanol–water partition coefficient (Wildman–Crippen LogP) is 3.61. The van der Waals surface area contributed by atoms with E-state index in [0.29, 0.717) is 6.04 Å². The first-order chi connectivity index (χ1) is 14.1. The lowest BCUT2D eigenvalue weighted by Gasteiger charge is -2.36. The summed E-state index contributed by atoms with van der Waals surface area (Å²) in [6.45, 7) is 9.48. The van der Waals surface area contributed by atoms with E-state index in [-0.39, 0.29) is 5.60 Å². The van der Waals surface area contributed by atoms with Crippen molar-refractivity contribution in [1.29, 1.82) is 0 Å². The summed E-state index contributed by atoms with van der Waals surface area (Å²) in [4.78, 5) is 7.58. The molecule has 0 bridgehead atoms. The van der Waals surface area contributed by atoms with Crippen molar-refractivity contribution < 1.29 is 9.47 Å². The van der Waals surface area contributed by atoms with Gasteiger partial charge in [0.2, 0.25) is 0 Å². The van der Waals surface area contributed by atoms with Gasteiger partial charge in [-0.2, -0.15) is 0 Å². The van der Waals surface area contributed by atoms with Gasteiger partial charge in [0.15, 0.2) is 0 Å². The average molecular weight is 396 g/mol. The van der Waals surface area contributed by atoms with Crippen molar-refractivity contribution in [2.75, 3.05) is 37.8 Å². The first-order valence-electron chi connectivity index (χ1n) is 11.2. The fourth-order valence-corrected chi connectivity index (χ4v) is 5.12. The molecule has 1 aromatic heterocycles. The maximum Gasteiger partial charge on any atom is 0.133 e. The molecule has 2 aromatic rings. The van der Waals surface area contributed by atoms with Crippen LogP contribution in [0.4, 0.5) is 5.82 Å². The van der Waals surface area contributed by atoms with E-state index in [1.807, 2.05) is 0 Å². The minimum Gasteiger partial charge on any atom is -0.378 e. The predicted molar refractivity (Wildman–Crippen MR) is 117 cm³/mol. The summed E-state index contributed by atoms with van der Waals surface area (Å²) in [7, 11) is 0. The van der Waals surface area contributed by atoms with Crippen molar-refractivity contribution in [3.05, 3.63) is 34.9 Å². The number of benzene rings is 1. The van der Waals surface area contributed by atoms with Crippen LogP contribution in [0, 0.1) is 0 Å². The molecule has 2 fully saturated rings. The SMILES string of the molecule is CC1(C)C[C@H](NCc2cc3cc4c(cc3nc2N2CCOCC2)CCC4)CCO1. The third-order valence-corrected chi connectivity index (χ3v) is 6.67. The van der Waals surface area contributed by atoms with E-state index in [4.69, 9.17) is 14.5 Å². The van der Waals surface area contributed by atoms with E-state index in [1.165, 1.54) is 41.3 Å². The number of anilines is 1. The lowest BCUT2D eigenvalue weighted by atomic mass is 9.94. The lowest BCUT2D eigenvalue weighted by Crippen LogP contribution is -2.43. The monoisotopic (exact) mass is 395 g/mol. The summed E-state index contributed by atoms with van der Waals surface area (Å²) in [6, 6.07) is 7.59. The molecule has 3 aliphatic rings. The van der Waals surface area contributed by atoms with E-state index < -0.39 is 0 Å². The average Bonchev–Trinajstić information content (AvgIpc) is 3.17. The highest BCUT2D eigenvalue weighted by Crippen LogP contribution is 2.31. The molecule has 1 N–H and O–H groups in total. The Morgan fingerprint density at radius 3 is 2.69 bits per heavy atom. The summed E-state index contributed by atoms with van der Waals surface area (Å²) in [5, 5.41) is 5.10. The summed E-state index contributed by atoms with van der Waals surface area (Å²) < 4.78 is 11.5. The Morgan fingerprint density at radius 1 is 1.10 bits per heavy atom. The number of morpholine rings is 1. The molecule has 0 radical (unpaired) electrons. The standard InChI is InChI=1S/C24H33N3O2/c1-24(2)15-21(6-9-29-24)25-16-20-13-19-12-17-4-3-5-18(17)14-22(19)26-23(20)27-7-10-28-11-8-27/h12-14,21,25H,3-11,15-16H2,1-2H3/t21-/m1/s1. The molecule has 1 aromatic carbocycles. The van der Waals surface area contributed by atoms with Crippen LogP contribution < -0.4 is 10.2 Å². The van der Waals surface area contributed by atoms with Crippen LogP contribution in [-0.4, -0.2) is 49.5 Å². The molecule has 0 unspecified atom stereocenters. The van der Waals surface area contributed by atoms with Crippen LogP contribution in [0.15, 0.2) is 18.2 Å². The molecule has 1 aliphatic carbocycles. The van der Waals surface area contributed by atoms with Gasteiger partial charge >= 0.3 is 0 Å². The molecule has 0 saturated carbocycles. The number of rotatable bonds is 4. The molecule has 1 atom stereocenters. The highest BCUT2D eigenvalue weighted by Gasteiger charge is 2.29. The van der Waals surface area contributed by atoms with Gasteiger partial charge in [0, 0.05) is 43.2 Å². The number of pyridine rings is 1. The van der Waals surface area contributed by atoms with E-state index in [1.54, 1.807) is 0 Å². The number of aryl methyl sites for hydroxylation is 2. The van der Waals surface area contributed by atoms with Crippen LogP contribution in [0.25, 0.3) is 10.9 Å². The van der Waals surface area contributed by atoms with Gasteiger partial charge in [-0.1, -0.05) is 0 Å². The van der Waals surface area contributed by atoms with E-state index >= 15 is 0 Å². The fraction of sp³-hybridized carbons (Fsp3) is 0.625. The van der Waals surface area contributed by atoms with Crippen molar-refractivity contribution >= 4 is 16.7 Å². The lowest BCUT2D eigenvalue weighted by molar-refractivity contribution is -0.0630. The molecule has 3 heterocycles. The molecule has 2 saturated heterocycles. The van der Waals surface area contributed by atoms with Gasteiger partial charge in [0.25, 0.3) is 0 Å². The molecule has 0 spiro atoms. The number of nitrogens with zero attached hydrogens (tertiary/aromatic N) is 2. The van der Waals surface area contributed by atoms with Crippen molar-refractivity contribution in [2.45, 2.75) is 64.1 Å². The Bertz CT molecular complexity index is 889. The second-order valence-electron chi connectivity index (χ2n) is 9.42. The van der Waals surface area contributed by atoms with Gasteiger partial charge in [-0.25, -0.2) is 4.98 Å². The van der Waals surface area contributed by atoms with Gasteiger partial charge in [-0.05, 0) is 75.3 Å². The van der Waals surface area contributed by atoms with E-state index in [9.17, 15) is 0 Å². The summed E-state index contributed by atoms with van der Waals surface area (Å²) in [6.07, 6.45) is 5.80. The molecule has 5 nitrogen and oxygen atoms in total. The minimum atomic E-state index is -0.0366. The zero-order valence-electron chi connectivity index (χ0n) is 17.8. The fourth-order valence-electron chi connectivity index (χ4n) is 5.12. The van der Waals surface area contributed by atoms with Crippen LogP contribution in [0.2, 0.25) is 0 Å². The van der Waals surface area contributed by atoms with Crippen LogP contribution >= 0.6 is 0 Å². The smallest absolute Gasteiger partial charge is 0.133 e. The number of nitrogens with one attached hydrogen (secondary N) is 1. The third-order valence-electron chi connectivity index (χ3n) is 6.67. The number of ether oxygens (including phenoxy) is 2. The molecule has 2 aliphatic heterocycles. The minimum absolute atomic E-state index is 0.0366. The number of hydrogen-bond donors (Lipinski definition) is 1. The van der Waals surface area contributed by atoms with Crippen LogP contribution in [-0.2, 0) is 28.9 Å².